The molecule has 2 aromatic rings. The third kappa shape index (κ3) is 4.77. The minimum atomic E-state index is -0.227. The molecule has 0 atom stereocenters. The summed E-state index contributed by atoms with van der Waals surface area (Å²) in [6, 6.07) is -0.227. The number of amides is 2. The van der Waals surface area contributed by atoms with Gasteiger partial charge in [0.25, 0.3) is 0 Å². The Morgan fingerprint density at radius 3 is 3.09 bits per heavy atom. The van der Waals surface area contributed by atoms with E-state index in [4.69, 9.17) is 4.74 Å². The van der Waals surface area contributed by atoms with Gasteiger partial charge in [0.15, 0.2) is 5.13 Å². The molecule has 0 fully saturated rings. The van der Waals surface area contributed by atoms with Crippen molar-refractivity contribution in [1.29, 1.82) is 0 Å². The molecule has 2 N–H and O–H groups in total. The number of nitrogens with zero attached hydrogens (tertiary/aromatic N) is 3. The van der Waals surface area contributed by atoms with Crippen LogP contribution in [0.3, 0.4) is 0 Å². The molecule has 1 aliphatic carbocycles. The number of aryl methyl sites for hydroxylation is 2. The SMILES string of the molecule is O=C(NCCOCCn1ccnc1)Nc1nc2c(s1)CCCC2. The molecule has 8 heteroatoms. The van der Waals surface area contributed by atoms with Crippen LogP contribution in [-0.2, 0) is 24.1 Å². The Kier molecular flexibility index (Phi) is 5.60. The van der Waals surface area contributed by atoms with Gasteiger partial charge in [-0.05, 0) is 25.7 Å². The molecule has 0 unspecified atom stereocenters. The number of urea groups is 1. The number of carbonyl (C=O) groups is 1. The summed E-state index contributed by atoms with van der Waals surface area (Å²) >= 11 is 1.59. The lowest BCUT2D eigenvalue weighted by Crippen LogP contribution is -2.31. The number of fused-ring (bicyclic) bond motifs is 1. The maximum absolute atomic E-state index is 11.8. The van der Waals surface area contributed by atoms with Crippen molar-refractivity contribution in [3.05, 3.63) is 29.3 Å². The first-order chi connectivity index (χ1) is 11.3. The van der Waals surface area contributed by atoms with Crippen molar-refractivity contribution in [1.82, 2.24) is 19.9 Å². The molecule has 2 aromatic heterocycles. The highest BCUT2D eigenvalue weighted by atomic mass is 32.1. The van der Waals surface area contributed by atoms with Gasteiger partial charge < -0.3 is 14.6 Å². The Balaban J connectivity index is 1.29. The Morgan fingerprint density at radius 1 is 1.35 bits per heavy atom. The highest BCUT2D eigenvalue weighted by Crippen LogP contribution is 2.29. The van der Waals surface area contributed by atoms with E-state index in [9.17, 15) is 4.79 Å². The summed E-state index contributed by atoms with van der Waals surface area (Å²) in [6.07, 6.45) is 9.91. The second-order valence-corrected chi connectivity index (χ2v) is 6.47. The Morgan fingerprint density at radius 2 is 2.26 bits per heavy atom. The van der Waals surface area contributed by atoms with Crippen LogP contribution in [0.5, 0.6) is 0 Å². The van der Waals surface area contributed by atoms with E-state index in [1.165, 1.54) is 17.7 Å². The van der Waals surface area contributed by atoms with Crippen LogP contribution in [0.2, 0.25) is 0 Å². The number of anilines is 1. The van der Waals surface area contributed by atoms with Crippen LogP contribution >= 0.6 is 11.3 Å². The minimum Gasteiger partial charge on any atom is -0.378 e. The van der Waals surface area contributed by atoms with Crippen LogP contribution in [0, 0.1) is 0 Å². The van der Waals surface area contributed by atoms with Crippen LogP contribution < -0.4 is 10.6 Å². The maximum atomic E-state index is 11.8. The lowest BCUT2D eigenvalue weighted by Gasteiger charge is -2.07. The van der Waals surface area contributed by atoms with Crippen LogP contribution in [0.25, 0.3) is 0 Å². The highest BCUT2D eigenvalue weighted by Gasteiger charge is 2.16. The normalized spacial score (nSPS) is 13.6. The van der Waals surface area contributed by atoms with E-state index in [0.717, 1.165) is 25.1 Å². The fourth-order valence-electron chi connectivity index (χ4n) is 2.47. The molecule has 0 saturated carbocycles. The predicted octanol–water partition coefficient (Wildman–Crippen LogP) is 2.06. The third-order valence-electron chi connectivity index (χ3n) is 3.65. The monoisotopic (exact) mass is 335 g/mol. The van der Waals surface area contributed by atoms with Gasteiger partial charge in [-0.3, -0.25) is 5.32 Å². The van der Waals surface area contributed by atoms with Crippen LogP contribution in [0.1, 0.15) is 23.4 Å². The molecule has 0 saturated heterocycles. The minimum absolute atomic E-state index is 0.227. The number of rotatable bonds is 7. The second kappa shape index (κ2) is 8.07. The Bertz CT molecular complexity index is 602. The molecule has 0 aromatic carbocycles. The number of aromatic nitrogens is 3. The zero-order chi connectivity index (χ0) is 15.9. The van der Waals surface area contributed by atoms with Crippen molar-refractivity contribution < 1.29 is 9.53 Å². The number of hydrogen-bond acceptors (Lipinski definition) is 5. The van der Waals surface area contributed by atoms with Gasteiger partial charge in [-0.15, -0.1) is 11.3 Å². The van der Waals surface area contributed by atoms with Crippen LogP contribution in [0.4, 0.5) is 9.93 Å². The summed E-state index contributed by atoms with van der Waals surface area (Å²) < 4.78 is 7.42. The fourth-order valence-corrected chi connectivity index (χ4v) is 3.52. The largest absolute Gasteiger partial charge is 0.378 e. The molecular formula is C15H21N5O2S. The molecule has 124 valence electrons. The van der Waals surface area contributed by atoms with Crippen molar-refractivity contribution in [3.63, 3.8) is 0 Å². The van der Waals surface area contributed by atoms with E-state index < -0.39 is 0 Å². The Hall–Kier alpha value is -1.93. The number of nitrogens with one attached hydrogen (secondary N) is 2. The van der Waals surface area contributed by atoms with Crippen molar-refractivity contribution >= 4 is 22.5 Å². The molecule has 1 aliphatic rings. The lowest BCUT2D eigenvalue weighted by molar-refractivity contribution is 0.129. The van der Waals surface area contributed by atoms with E-state index in [1.807, 2.05) is 10.8 Å². The smallest absolute Gasteiger partial charge is 0.321 e. The summed E-state index contributed by atoms with van der Waals surface area (Å²) in [4.78, 5) is 21.6. The summed E-state index contributed by atoms with van der Waals surface area (Å²) in [7, 11) is 0. The van der Waals surface area contributed by atoms with Crippen LogP contribution in [0.15, 0.2) is 18.7 Å². The fraction of sp³-hybridized carbons (Fsp3) is 0.533. The van der Waals surface area contributed by atoms with E-state index >= 15 is 0 Å². The molecule has 0 spiro atoms. The van der Waals surface area contributed by atoms with Gasteiger partial charge in [-0.1, -0.05) is 0 Å². The van der Waals surface area contributed by atoms with Crippen LogP contribution in [-0.4, -0.2) is 40.3 Å². The molecule has 3 rings (SSSR count). The van der Waals surface area contributed by atoms with Gasteiger partial charge in [0.05, 0.1) is 25.2 Å². The molecular weight excluding hydrogens is 314 g/mol. The van der Waals surface area contributed by atoms with Gasteiger partial charge in [0, 0.05) is 30.4 Å². The van der Waals surface area contributed by atoms with E-state index in [2.05, 4.69) is 20.6 Å². The van der Waals surface area contributed by atoms with Gasteiger partial charge >= 0.3 is 6.03 Å². The highest BCUT2D eigenvalue weighted by molar-refractivity contribution is 7.15. The first kappa shape index (κ1) is 15.9. The summed E-state index contributed by atoms with van der Waals surface area (Å²) in [6.45, 7) is 2.31. The van der Waals surface area contributed by atoms with Gasteiger partial charge in [-0.2, -0.15) is 0 Å². The van der Waals surface area contributed by atoms with Crippen molar-refractivity contribution in [2.75, 3.05) is 25.1 Å². The number of ether oxygens (including phenoxy) is 1. The number of thiazole rings is 1. The van der Waals surface area contributed by atoms with E-state index in [0.29, 0.717) is 24.9 Å². The average molecular weight is 335 g/mol. The zero-order valence-electron chi connectivity index (χ0n) is 13.0. The lowest BCUT2D eigenvalue weighted by atomic mass is 10.0. The first-order valence-electron chi connectivity index (χ1n) is 7.88. The topological polar surface area (TPSA) is 81.1 Å². The van der Waals surface area contributed by atoms with Gasteiger partial charge in [0.2, 0.25) is 0 Å². The molecule has 0 radical (unpaired) electrons. The van der Waals surface area contributed by atoms with Gasteiger partial charge in [0.1, 0.15) is 0 Å². The average Bonchev–Trinajstić information content (AvgIpc) is 3.19. The number of carbonyl (C=O) groups excluding carboxylic acids is 1. The standard InChI is InChI=1S/C15H21N5O2S/c21-14(17-6-9-22-10-8-20-7-5-16-11-20)19-15-18-12-3-1-2-4-13(12)23-15/h5,7,11H,1-4,6,8-10H2,(H2,17,18,19,21). The zero-order valence-corrected chi connectivity index (χ0v) is 13.8. The molecule has 2 amide bonds. The molecule has 2 heterocycles. The molecule has 7 nitrogen and oxygen atoms in total. The number of imidazole rings is 1. The Labute approximate surface area is 139 Å². The number of hydrogen-bond donors (Lipinski definition) is 2. The van der Waals surface area contributed by atoms with E-state index in [-0.39, 0.29) is 6.03 Å². The quantitative estimate of drug-likeness (QED) is 0.759. The maximum Gasteiger partial charge on any atom is 0.321 e. The third-order valence-corrected chi connectivity index (χ3v) is 4.72. The second-order valence-electron chi connectivity index (χ2n) is 5.39. The van der Waals surface area contributed by atoms with Crippen molar-refractivity contribution in [2.24, 2.45) is 0 Å². The predicted molar refractivity (Wildman–Crippen MR) is 88.8 cm³/mol. The first-order valence-corrected chi connectivity index (χ1v) is 8.70. The molecule has 0 bridgehead atoms. The molecule has 23 heavy (non-hydrogen) atoms. The molecule has 0 aliphatic heterocycles. The van der Waals surface area contributed by atoms with Gasteiger partial charge in [-0.25, -0.2) is 14.8 Å². The van der Waals surface area contributed by atoms with Crippen molar-refractivity contribution in [3.8, 4) is 0 Å². The summed E-state index contributed by atoms with van der Waals surface area (Å²) in [5, 5.41) is 6.27. The summed E-state index contributed by atoms with van der Waals surface area (Å²) in [5.74, 6) is 0. The van der Waals surface area contributed by atoms with E-state index in [1.54, 1.807) is 23.9 Å². The van der Waals surface area contributed by atoms with Crippen molar-refractivity contribution in [2.45, 2.75) is 32.2 Å². The summed E-state index contributed by atoms with van der Waals surface area (Å²) in [5.41, 5.74) is 1.15.